The minimum Gasteiger partial charge on any atom is -0.387 e. The molecular formula is C8H12O2. The minimum atomic E-state index is -0.622. The predicted molar refractivity (Wildman–Crippen MR) is 37.7 cm³/mol. The lowest BCUT2D eigenvalue weighted by atomic mass is 9.92. The van der Waals surface area contributed by atoms with Crippen molar-refractivity contribution in [2.45, 2.75) is 37.6 Å². The predicted octanol–water partition coefficient (Wildman–Crippen LogP) is 0.855. The van der Waals surface area contributed by atoms with Gasteiger partial charge in [0.1, 0.15) is 6.10 Å². The number of ether oxygens (including phenoxy) is 1. The smallest absolute Gasteiger partial charge is 0.105 e. The second kappa shape index (κ2) is 1.83. The lowest BCUT2D eigenvalue weighted by molar-refractivity contribution is -0.122. The molecule has 0 amide bonds. The largest absolute Gasteiger partial charge is 0.387 e. The highest BCUT2D eigenvalue weighted by atomic mass is 16.5. The third kappa shape index (κ3) is 0.796. The number of rotatable bonds is 0. The molecule has 0 aromatic carbocycles. The van der Waals surface area contributed by atoms with Crippen molar-refractivity contribution in [2.24, 2.45) is 0 Å². The van der Waals surface area contributed by atoms with Gasteiger partial charge in [0.05, 0.1) is 11.7 Å². The Bertz CT molecular complexity index is 172. The molecule has 0 unspecified atom stereocenters. The van der Waals surface area contributed by atoms with Crippen LogP contribution in [0.15, 0.2) is 12.2 Å². The average Bonchev–Trinajstić information content (AvgIpc) is 2.26. The van der Waals surface area contributed by atoms with Gasteiger partial charge in [0.2, 0.25) is 0 Å². The zero-order chi connectivity index (χ0) is 7.19. The standard InChI is InChI=1S/C8H12O2/c1-8(9)5-4-6-2-3-7(8)10-6/h2-3,6-7,9H,4-5H2,1H3/t6-,7+,8+/m1/s1. The molecule has 56 valence electrons. The van der Waals surface area contributed by atoms with Crippen LogP contribution in [-0.4, -0.2) is 22.9 Å². The number of fused-ring (bicyclic) bond motifs is 2. The molecule has 0 aromatic heterocycles. The second-order valence-electron chi connectivity index (χ2n) is 3.38. The van der Waals surface area contributed by atoms with Crippen molar-refractivity contribution < 1.29 is 9.84 Å². The normalized spacial score (nSPS) is 51.8. The number of aliphatic hydroxyl groups is 1. The van der Waals surface area contributed by atoms with Crippen molar-refractivity contribution in [3.63, 3.8) is 0 Å². The maximum Gasteiger partial charge on any atom is 0.105 e. The molecule has 2 heteroatoms. The summed E-state index contributed by atoms with van der Waals surface area (Å²) in [6, 6.07) is 0. The maximum absolute atomic E-state index is 9.68. The van der Waals surface area contributed by atoms with Gasteiger partial charge in [-0.25, -0.2) is 0 Å². The zero-order valence-electron chi connectivity index (χ0n) is 6.08. The van der Waals surface area contributed by atoms with Crippen LogP contribution in [0.25, 0.3) is 0 Å². The fourth-order valence-corrected chi connectivity index (χ4v) is 1.60. The summed E-state index contributed by atoms with van der Waals surface area (Å²) in [7, 11) is 0. The summed E-state index contributed by atoms with van der Waals surface area (Å²) < 4.78 is 5.45. The topological polar surface area (TPSA) is 29.5 Å². The maximum atomic E-state index is 9.68. The molecule has 2 rings (SSSR count). The first kappa shape index (κ1) is 6.38. The van der Waals surface area contributed by atoms with Gasteiger partial charge in [-0.15, -0.1) is 0 Å². The molecule has 0 radical (unpaired) electrons. The molecule has 3 atom stereocenters. The molecule has 1 fully saturated rings. The van der Waals surface area contributed by atoms with E-state index in [1.807, 2.05) is 19.1 Å². The van der Waals surface area contributed by atoms with Gasteiger partial charge < -0.3 is 9.84 Å². The summed E-state index contributed by atoms with van der Waals surface area (Å²) >= 11 is 0. The van der Waals surface area contributed by atoms with Crippen LogP contribution in [0.3, 0.4) is 0 Å². The SMILES string of the molecule is C[C@]1(O)CC[C@H]2C=C[C@@H]1O2. The van der Waals surface area contributed by atoms with Crippen molar-refractivity contribution in [1.82, 2.24) is 0 Å². The van der Waals surface area contributed by atoms with Crippen molar-refractivity contribution in [3.8, 4) is 0 Å². The van der Waals surface area contributed by atoms with E-state index < -0.39 is 5.60 Å². The summed E-state index contributed by atoms with van der Waals surface area (Å²) in [5.74, 6) is 0. The van der Waals surface area contributed by atoms with Gasteiger partial charge in [-0.1, -0.05) is 12.2 Å². The molecule has 0 spiro atoms. The van der Waals surface area contributed by atoms with Crippen molar-refractivity contribution >= 4 is 0 Å². The lowest BCUT2D eigenvalue weighted by Gasteiger charge is -2.34. The Morgan fingerprint density at radius 1 is 1.60 bits per heavy atom. The Morgan fingerprint density at radius 2 is 2.40 bits per heavy atom. The number of hydrogen-bond acceptors (Lipinski definition) is 2. The summed E-state index contributed by atoms with van der Waals surface area (Å²) in [4.78, 5) is 0. The summed E-state index contributed by atoms with van der Waals surface area (Å²) in [5.41, 5.74) is -0.622. The molecular weight excluding hydrogens is 128 g/mol. The van der Waals surface area contributed by atoms with E-state index >= 15 is 0 Å². The second-order valence-corrected chi connectivity index (χ2v) is 3.38. The molecule has 0 saturated carbocycles. The van der Waals surface area contributed by atoms with Crippen LogP contribution in [0.2, 0.25) is 0 Å². The van der Waals surface area contributed by atoms with Crippen molar-refractivity contribution in [1.29, 1.82) is 0 Å². The fourth-order valence-electron chi connectivity index (χ4n) is 1.60. The van der Waals surface area contributed by atoms with Gasteiger partial charge in [-0.05, 0) is 19.8 Å². The summed E-state index contributed by atoms with van der Waals surface area (Å²) in [6.07, 6.45) is 6.07. The molecule has 2 bridgehead atoms. The average molecular weight is 140 g/mol. The van der Waals surface area contributed by atoms with E-state index in [1.54, 1.807) is 0 Å². The van der Waals surface area contributed by atoms with Crippen LogP contribution >= 0.6 is 0 Å². The first-order valence-corrected chi connectivity index (χ1v) is 3.75. The Hall–Kier alpha value is -0.340. The molecule has 2 aliphatic heterocycles. The Balaban J connectivity index is 2.21. The van der Waals surface area contributed by atoms with Crippen LogP contribution in [0.4, 0.5) is 0 Å². The molecule has 0 aliphatic carbocycles. The van der Waals surface area contributed by atoms with Crippen LogP contribution in [-0.2, 0) is 4.74 Å². The Morgan fingerprint density at radius 3 is 3.10 bits per heavy atom. The van der Waals surface area contributed by atoms with Gasteiger partial charge in [-0.2, -0.15) is 0 Å². The first-order valence-electron chi connectivity index (χ1n) is 3.75. The monoisotopic (exact) mass is 140 g/mol. The van der Waals surface area contributed by atoms with Gasteiger partial charge in [0.15, 0.2) is 0 Å². The van der Waals surface area contributed by atoms with Crippen molar-refractivity contribution in [2.75, 3.05) is 0 Å². The van der Waals surface area contributed by atoms with E-state index in [4.69, 9.17) is 4.74 Å². The molecule has 2 nitrogen and oxygen atoms in total. The zero-order valence-corrected chi connectivity index (χ0v) is 6.08. The highest BCUT2D eigenvalue weighted by molar-refractivity contribution is 5.12. The van der Waals surface area contributed by atoms with Crippen LogP contribution in [0.1, 0.15) is 19.8 Å². The van der Waals surface area contributed by atoms with E-state index in [2.05, 4.69) is 0 Å². The third-order valence-corrected chi connectivity index (χ3v) is 2.37. The van der Waals surface area contributed by atoms with E-state index in [0.717, 1.165) is 12.8 Å². The highest BCUT2D eigenvalue weighted by Gasteiger charge is 2.40. The lowest BCUT2D eigenvalue weighted by Crippen LogP contribution is -2.43. The van der Waals surface area contributed by atoms with Crippen LogP contribution in [0, 0.1) is 0 Å². The minimum absolute atomic E-state index is 0.0498. The molecule has 10 heavy (non-hydrogen) atoms. The van der Waals surface area contributed by atoms with Gasteiger partial charge in [-0.3, -0.25) is 0 Å². The van der Waals surface area contributed by atoms with Crippen molar-refractivity contribution in [3.05, 3.63) is 12.2 Å². The van der Waals surface area contributed by atoms with E-state index in [1.165, 1.54) is 0 Å². The summed E-state index contributed by atoms with van der Waals surface area (Å²) in [6.45, 7) is 1.84. The van der Waals surface area contributed by atoms with Gasteiger partial charge >= 0.3 is 0 Å². The van der Waals surface area contributed by atoms with E-state index in [-0.39, 0.29) is 12.2 Å². The fraction of sp³-hybridized carbons (Fsp3) is 0.750. The molecule has 2 aliphatic rings. The van der Waals surface area contributed by atoms with Crippen LogP contribution < -0.4 is 0 Å². The molecule has 2 heterocycles. The summed E-state index contributed by atoms with van der Waals surface area (Å²) in [5, 5.41) is 9.68. The molecule has 0 aromatic rings. The van der Waals surface area contributed by atoms with E-state index in [0.29, 0.717) is 0 Å². The van der Waals surface area contributed by atoms with Gasteiger partial charge in [0, 0.05) is 0 Å². The first-order chi connectivity index (χ1) is 4.68. The third-order valence-electron chi connectivity index (χ3n) is 2.37. The highest BCUT2D eigenvalue weighted by Crippen LogP contribution is 2.33. The molecule has 1 saturated heterocycles. The quantitative estimate of drug-likeness (QED) is 0.505. The Labute approximate surface area is 60.5 Å². The molecule has 1 N–H and O–H groups in total. The van der Waals surface area contributed by atoms with E-state index in [9.17, 15) is 5.11 Å². The Kier molecular flexibility index (Phi) is 1.17. The number of hydrogen-bond donors (Lipinski definition) is 1. The van der Waals surface area contributed by atoms with Gasteiger partial charge in [0.25, 0.3) is 0 Å². The van der Waals surface area contributed by atoms with Crippen LogP contribution in [0.5, 0.6) is 0 Å².